The predicted octanol–water partition coefficient (Wildman–Crippen LogP) is 2.73. The number of carbonyl (C=O) groups excluding carboxylic acids is 1. The second-order valence-electron chi connectivity index (χ2n) is 9.19. The van der Waals surface area contributed by atoms with Crippen LogP contribution >= 0.6 is 0 Å². The van der Waals surface area contributed by atoms with E-state index >= 15 is 0 Å². The molecule has 0 spiro atoms. The molecule has 9 heteroatoms. The maximum Gasteiger partial charge on any atom is 0.263 e. The normalized spacial score (nSPS) is 21.4. The van der Waals surface area contributed by atoms with Crippen molar-refractivity contribution in [2.24, 2.45) is 18.9 Å². The zero-order valence-electron chi connectivity index (χ0n) is 20.0. The van der Waals surface area contributed by atoms with Gasteiger partial charge >= 0.3 is 0 Å². The molecule has 1 aliphatic heterocycles. The minimum Gasteiger partial charge on any atom is -0.481 e. The van der Waals surface area contributed by atoms with E-state index in [1.165, 1.54) is 22.9 Å². The molecule has 2 fully saturated rings. The molecule has 0 N–H and O–H groups in total. The first-order chi connectivity index (χ1) is 16.9. The number of hydrogen-bond donors (Lipinski definition) is 0. The highest BCUT2D eigenvalue weighted by Gasteiger charge is 2.59. The van der Waals surface area contributed by atoms with Gasteiger partial charge in [-0.2, -0.15) is 0 Å². The smallest absolute Gasteiger partial charge is 0.263 e. The lowest BCUT2D eigenvalue weighted by atomic mass is 10.2. The van der Waals surface area contributed by atoms with E-state index in [9.17, 15) is 14.0 Å². The number of fused-ring (bicyclic) bond motifs is 1. The van der Waals surface area contributed by atoms with Crippen LogP contribution in [-0.2, 0) is 11.8 Å². The number of anilines is 1. The Hall–Kier alpha value is -3.75. The number of nitrogens with zero attached hydrogens (tertiary/aromatic N) is 5. The highest BCUT2D eigenvalue weighted by atomic mass is 19.1. The van der Waals surface area contributed by atoms with Crippen LogP contribution in [0.3, 0.4) is 0 Å². The fourth-order valence-electron chi connectivity index (χ4n) is 5.12. The van der Waals surface area contributed by atoms with E-state index in [4.69, 9.17) is 4.74 Å². The third kappa shape index (κ3) is 4.26. The Balaban J connectivity index is 1.29. The Labute approximate surface area is 203 Å². The van der Waals surface area contributed by atoms with E-state index < -0.39 is 11.9 Å². The summed E-state index contributed by atoms with van der Waals surface area (Å²) in [5, 5.41) is 0. The van der Waals surface area contributed by atoms with E-state index in [1.807, 2.05) is 54.1 Å². The number of benzene rings is 1. The molecule has 1 saturated carbocycles. The van der Waals surface area contributed by atoms with E-state index in [0.29, 0.717) is 31.2 Å². The van der Waals surface area contributed by atoms with Gasteiger partial charge in [0, 0.05) is 62.9 Å². The topological polar surface area (TPSA) is 80.6 Å². The van der Waals surface area contributed by atoms with Crippen molar-refractivity contribution in [3.05, 3.63) is 71.0 Å². The molecule has 182 valence electrons. The van der Waals surface area contributed by atoms with Gasteiger partial charge < -0.3 is 14.5 Å². The number of aromatic nitrogens is 3. The molecule has 0 bridgehead atoms. The van der Waals surface area contributed by atoms with Gasteiger partial charge in [0.15, 0.2) is 11.9 Å². The van der Waals surface area contributed by atoms with E-state index in [0.717, 1.165) is 6.20 Å². The number of rotatable bonds is 7. The zero-order valence-corrected chi connectivity index (χ0v) is 20.0. The zero-order chi connectivity index (χ0) is 24.7. The van der Waals surface area contributed by atoms with Crippen molar-refractivity contribution in [3.63, 3.8) is 0 Å². The SMILES string of the molecule is CCC(Oc1ccccc1)C(=O)N1C[C@@H]2[C@H](C1)[C@@H]2N(C)c1nc(-c2ccncc2F)cc(=O)n1C. The number of para-hydroxylation sites is 1. The van der Waals surface area contributed by atoms with Gasteiger partial charge in [0.2, 0.25) is 5.95 Å². The maximum atomic E-state index is 14.3. The highest BCUT2D eigenvalue weighted by molar-refractivity contribution is 5.82. The number of amides is 1. The standard InChI is InChI=1S/C26H28FN5O3/c1-4-22(35-16-8-6-5-7-9-16)25(34)32-14-18-19(15-32)24(18)31(3)26-29-21(12-23(33)30(26)2)17-10-11-28-13-20(17)27/h5-13,18-19,22,24H,4,14-15H2,1-3H3/t18-,19+,22?,24-. The Morgan fingerprint density at radius 1 is 1.23 bits per heavy atom. The average Bonchev–Trinajstić information content (AvgIpc) is 3.36. The average molecular weight is 478 g/mol. The molecule has 1 amide bonds. The van der Waals surface area contributed by atoms with Crippen molar-refractivity contribution < 1.29 is 13.9 Å². The van der Waals surface area contributed by atoms with Gasteiger partial charge in [0.05, 0.1) is 11.9 Å². The summed E-state index contributed by atoms with van der Waals surface area (Å²) in [6.07, 6.45) is 2.66. The van der Waals surface area contributed by atoms with Gasteiger partial charge in [0.25, 0.3) is 11.5 Å². The molecule has 0 radical (unpaired) electrons. The van der Waals surface area contributed by atoms with Gasteiger partial charge in [-0.1, -0.05) is 25.1 Å². The number of halogens is 1. The lowest BCUT2D eigenvalue weighted by Gasteiger charge is -2.28. The Bertz CT molecular complexity index is 1290. The number of hydrogen-bond acceptors (Lipinski definition) is 6. The number of likely N-dealkylation sites (tertiary alicyclic amines) is 1. The summed E-state index contributed by atoms with van der Waals surface area (Å²) < 4.78 is 21.7. The molecule has 1 aromatic carbocycles. The molecule has 8 nitrogen and oxygen atoms in total. The second-order valence-corrected chi connectivity index (χ2v) is 9.19. The summed E-state index contributed by atoms with van der Waals surface area (Å²) in [7, 11) is 3.56. The molecule has 5 rings (SSSR count). The summed E-state index contributed by atoms with van der Waals surface area (Å²) in [4.78, 5) is 38.0. The first-order valence-corrected chi connectivity index (χ1v) is 11.8. The highest BCUT2D eigenvalue weighted by Crippen LogP contribution is 2.49. The molecule has 2 aliphatic rings. The molecule has 1 saturated heterocycles. The van der Waals surface area contributed by atoms with Crippen molar-refractivity contribution in [1.29, 1.82) is 0 Å². The van der Waals surface area contributed by atoms with Gasteiger partial charge in [0.1, 0.15) is 5.75 Å². The van der Waals surface area contributed by atoms with Crippen LogP contribution in [0, 0.1) is 17.7 Å². The Morgan fingerprint density at radius 2 is 1.94 bits per heavy atom. The minimum absolute atomic E-state index is 0.00522. The molecule has 3 heterocycles. The summed E-state index contributed by atoms with van der Waals surface area (Å²) in [6, 6.07) is 12.4. The molecular formula is C26H28FN5O3. The lowest BCUT2D eigenvalue weighted by molar-refractivity contribution is -0.138. The van der Waals surface area contributed by atoms with E-state index in [-0.39, 0.29) is 40.6 Å². The number of ether oxygens (including phenoxy) is 1. The van der Waals surface area contributed by atoms with Crippen LogP contribution in [0.25, 0.3) is 11.3 Å². The van der Waals surface area contributed by atoms with Crippen molar-refractivity contribution in [3.8, 4) is 17.0 Å². The quantitative estimate of drug-likeness (QED) is 0.521. The van der Waals surface area contributed by atoms with Crippen molar-refractivity contribution in [1.82, 2.24) is 19.4 Å². The minimum atomic E-state index is -0.525. The molecule has 35 heavy (non-hydrogen) atoms. The largest absolute Gasteiger partial charge is 0.481 e. The number of carbonyl (C=O) groups is 1. The molecule has 4 atom stereocenters. The molecule has 3 aromatic rings. The fourth-order valence-corrected chi connectivity index (χ4v) is 5.12. The molecule has 1 unspecified atom stereocenters. The van der Waals surface area contributed by atoms with Gasteiger partial charge in [-0.25, -0.2) is 9.37 Å². The molecule has 2 aromatic heterocycles. The monoisotopic (exact) mass is 477 g/mol. The van der Waals surface area contributed by atoms with Crippen LogP contribution in [0.15, 0.2) is 59.7 Å². The second kappa shape index (κ2) is 9.13. The Morgan fingerprint density at radius 3 is 2.60 bits per heavy atom. The Kier molecular flexibility index (Phi) is 6.00. The third-order valence-corrected chi connectivity index (χ3v) is 7.05. The first kappa shape index (κ1) is 23.0. The number of pyridine rings is 1. The van der Waals surface area contributed by atoms with Crippen LogP contribution in [-0.4, -0.2) is 57.6 Å². The van der Waals surface area contributed by atoms with E-state index in [2.05, 4.69) is 9.97 Å². The lowest BCUT2D eigenvalue weighted by Crippen LogP contribution is -2.44. The molecule has 1 aliphatic carbocycles. The third-order valence-electron chi connectivity index (χ3n) is 7.05. The van der Waals surface area contributed by atoms with Crippen LogP contribution in [0.4, 0.5) is 10.3 Å². The van der Waals surface area contributed by atoms with Gasteiger partial charge in [-0.05, 0) is 24.6 Å². The van der Waals surface area contributed by atoms with Crippen LogP contribution in [0.2, 0.25) is 0 Å². The summed E-state index contributed by atoms with van der Waals surface area (Å²) in [5.74, 6) is 1.22. The maximum absolute atomic E-state index is 14.3. The first-order valence-electron chi connectivity index (χ1n) is 11.8. The van der Waals surface area contributed by atoms with E-state index in [1.54, 1.807) is 7.05 Å². The summed E-state index contributed by atoms with van der Waals surface area (Å²) >= 11 is 0. The van der Waals surface area contributed by atoms with Crippen LogP contribution in [0.5, 0.6) is 5.75 Å². The summed E-state index contributed by atoms with van der Waals surface area (Å²) in [6.45, 7) is 3.23. The van der Waals surface area contributed by atoms with Gasteiger partial charge in [-0.3, -0.25) is 19.1 Å². The fraction of sp³-hybridized carbons (Fsp3) is 0.385. The van der Waals surface area contributed by atoms with Crippen molar-refractivity contribution in [2.75, 3.05) is 25.0 Å². The number of piperidine rings is 1. The van der Waals surface area contributed by atoms with Crippen molar-refractivity contribution >= 4 is 11.9 Å². The molecular weight excluding hydrogens is 449 g/mol. The van der Waals surface area contributed by atoms with Crippen molar-refractivity contribution in [2.45, 2.75) is 25.5 Å². The van der Waals surface area contributed by atoms with Crippen LogP contribution in [0.1, 0.15) is 13.3 Å². The van der Waals surface area contributed by atoms with Crippen LogP contribution < -0.4 is 15.2 Å². The predicted molar refractivity (Wildman–Crippen MR) is 130 cm³/mol. The summed E-state index contributed by atoms with van der Waals surface area (Å²) in [5.41, 5.74) is 0.255. The van der Waals surface area contributed by atoms with Gasteiger partial charge in [-0.15, -0.1) is 0 Å².